The number of benzene rings is 4. The molecule has 0 heterocycles. The van der Waals surface area contributed by atoms with Crippen LogP contribution < -0.4 is 0 Å². The predicted octanol–water partition coefficient (Wildman–Crippen LogP) is 9.00. The van der Waals surface area contributed by atoms with Crippen LogP contribution in [0.4, 0.5) is 17.3 Å². The molecule has 0 radical (unpaired) electrons. The minimum absolute atomic E-state index is 0.0879. The van der Waals surface area contributed by atoms with Crippen LogP contribution >= 0.6 is 27.7 Å². The summed E-state index contributed by atoms with van der Waals surface area (Å²) in [7, 11) is -6.09. The van der Waals surface area contributed by atoms with Crippen LogP contribution in [0.15, 0.2) is 138 Å². The van der Waals surface area contributed by atoms with E-state index in [2.05, 4.69) is 125 Å². The van der Waals surface area contributed by atoms with Crippen molar-refractivity contribution in [2.75, 3.05) is 0 Å². The molecule has 0 unspecified atom stereocenters. The van der Waals surface area contributed by atoms with Crippen molar-refractivity contribution in [1.82, 2.24) is 0 Å². The van der Waals surface area contributed by atoms with Gasteiger partial charge in [0, 0.05) is 14.3 Å². The van der Waals surface area contributed by atoms with Gasteiger partial charge in [0.05, 0.1) is 10.9 Å². The van der Waals surface area contributed by atoms with Crippen LogP contribution in [-0.4, -0.2) is 7.25 Å². The molecule has 0 bridgehead atoms. The normalized spacial score (nSPS) is 11.1. The van der Waals surface area contributed by atoms with Crippen LogP contribution in [0.1, 0.15) is 0 Å². The van der Waals surface area contributed by atoms with E-state index in [0.717, 1.165) is 4.47 Å². The van der Waals surface area contributed by atoms with Gasteiger partial charge >= 0.3 is 7.25 Å². The summed E-state index contributed by atoms with van der Waals surface area (Å²) in [4.78, 5) is 6.53. The molecule has 4 aromatic rings. The second-order valence-electron chi connectivity index (χ2n) is 6.45. The summed E-state index contributed by atoms with van der Waals surface area (Å²) < 4.78 is 40.1. The van der Waals surface area contributed by atoms with E-state index < -0.39 is 7.25 Å². The second kappa shape index (κ2) is 11.6. The van der Waals surface area contributed by atoms with Crippen LogP contribution in [0.5, 0.6) is 0 Å². The summed E-state index contributed by atoms with van der Waals surface area (Å²) in [5, 5.41) is 0. The third kappa shape index (κ3) is 8.08. The van der Waals surface area contributed by atoms with E-state index in [0.29, 0.717) is 0 Å². The topological polar surface area (TPSA) is 0 Å². The van der Waals surface area contributed by atoms with Gasteiger partial charge in [0.15, 0.2) is 14.7 Å². The van der Waals surface area contributed by atoms with E-state index in [1.165, 1.54) is 24.5 Å². The maximum absolute atomic E-state index is 9.75. The molecule has 0 N–H and O–H groups in total. The average molecular weight is 537 g/mol. The standard InChI is InChI=1S/C24H18BrS2.BF4/c25-19-11-13-20(14-12-19)26-21-15-17-24(18-16-21)27(22-7-3-1-4-8-22)23-9-5-2-6-10-23;2-1(3,4)5/h1-18H;/q+1;-1. The van der Waals surface area contributed by atoms with Gasteiger partial charge in [-0.2, -0.15) is 0 Å². The van der Waals surface area contributed by atoms with Crippen molar-refractivity contribution in [2.45, 2.75) is 24.5 Å². The Bertz CT molecular complexity index is 1050. The highest BCUT2D eigenvalue weighted by molar-refractivity contribution is 9.10. The first-order chi connectivity index (χ1) is 15.3. The quantitative estimate of drug-likeness (QED) is 0.139. The highest BCUT2D eigenvalue weighted by Crippen LogP contribution is 2.34. The molecular weight excluding hydrogens is 519 g/mol. The lowest BCUT2D eigenvalue weighted by Gasteiger charge is -2.08. The number of hydrogen-bond donors (Lipinski definition) is 0. The average Bonchev–Trinajstić information content (AvgIpc) is 2.77. The van der Waals surface area contributed by atoms with Gasteiger partial charge in [-0.25, -0.2) is 0 Å². The van der Waals surface area contributed by atoms with Crippen molar-refractivity contribution in [3.05, 3.63) is 114 Å². The largest absolute Gasteiger partial charge is 0.673 e. The Kier molecular flexibility index (Phi) is 8.90. The number of hydrogen-bond acceptors (Lipinski definition) is 1. The fourth-order valence-electron chi connectivity index (χ4n) is 2.80. The zero-order valence-corrected chi connectivity index (χ0v) is 19.9. The van der Waals surface area contributed by atoms with Crippen molar-refractivity contribution in [1.29, 1.82) is 0 Å². The van der Waals surface area contributed by atoms with E-state index in [4.69, 9.17) is 0 Å². The molecule has 0 aliphatic carbocycles. The molecule has 164 valence electrons. The van der Waals surface area contributed by atoms with E-state index in [1.807, 2.05) is 0 Å². The number of halogens is 5. The lowest BCUT2D eigenvalue weighted by atomic mass is 10.3. The fraction of sp³-hybridized carbons (Fsp3) is 0. The summed E-state index contributed by atoms with van der Waals surface area (Å²) in [6.45, 7) is 0. The van der Waals surface area contributed by atoms with Gasteiger partial charge in [0.2, 0.25) is 0 Å². The predicted molar refractivity (Wildman–Crippen MR) is 130 cm³/mol. The first-order valence-corrected chi connectivity index (χ1v) is 12.4. The maximum atomic E-state index is 9.75. The minimum Gasteiger partial charge on any atom is -0.418 e. The van der Waals surface area contributed by atoms with E-state index >= 15 is 0 Å². The summed E-state index contributed by atoms with van der Waals surface area (Å²) in [6, 6.07) is 39.0. The zero-order chi connectivity index (χ0) is 23.0. The Morgan fingerprint density at radius 2 is 0.875 bits per heavy atom. The smallest absolute Gasteiger partial charge is 0.418 e. The fourth-order valence-corrected chi connectivity index (χ4v) is 5.97. The van der Waals surface area contributed by atoms with Crippen molar-refractivity contribution in [3.63, 3.8) is 0 Å². The molecule has 0 atom stereocenters. The van der Waals surface area contributed by atoms with Crippen molar-refractivity contribution in [3.8, 4) is 0 Å². The van der Waals surface area contributed by atoms with Gasteiger partial charge in [-0.3, -0.25) is 0 Å². The van der Waals surface area contributed by atoms with Crippen LogP contribution in [0, 0.1) is 0 Å². The third-order valence-electron chi connectivity index (χ3n) is 4.07. The first-order valence-electron chi connectivity index (χ1n) is 9.55. The molecule has 0 fully saturated rings. The van der Waals surface area contributed by atoms with E-state index in [9.17, 15) is 17.3 Å². The van der Waals surface area contributed by atoms with Gasteiger partial charge in [0.1, 0.15) is 0 Å². The van der Waals surface area contributed by atoms with Crippen LogP contribution in [0.2, 0.25) is 0 Å². The summed E-state index contributed by atoms with van der Waals surface area (Å²) >= 11 is 5.28. The maximum Gasteiger partial charge on any atom is 0.673 e. The van der Waals surface area contributed by atoms with Gasteiger partial charge in [-0.05, 0) is 72.8 Å². The molecule has 0 saturated carbocycles. The summed E-state index contributed by atoms with van der Waals surface area (Å²) in [5.41, 5.74) is 0. The van der Waals surface area contributed by atoms with Crippen LogP contribution in [0.3, 0.4) is 0 Å². The van der Waals surface area contributed by atoms with Crippen molar-refractivity contribution in [2.24, 2.45) is 0 Å². The monoisotopic (exact) mass is 536 g/mol. The Hall–Kier alpha value is -2.16. The second-order valence-corrected chi connectivity index (χ2v) is 10.5. The lowest BCUT2D eigenvalue weighted by molar-refractivity contribution is 0.368. The lowest BCUT2D eigenvalue weighted by Crippen LogP contribution is -2.04. The van der Waals surface area contributed by atoms with Gasteiger partial charge in [-0.15, -0.1) is 0 Å². The van der Waals surface area contributed by atoms with Gasteiger partial charge in [0.25, 0.3) is 0 Å². The molecule has 0 aliphatic rings. The molecule has 0 nitrogen and oxygen atoms in total. The Morgan fingerprint density at radius 1 is 0.531 bits per heavy atom. The highest BCUT2D eigenvalue weighted by atomic mass is 79.9. The molecule has 4 rings (SSSR count). The van der Waals surface area contributed by atoms with Crippen molar-refractivity contribution >= 4 is 45.8 Å². The molecular formula is C24H18BBrF4S2. The molecule has 8 heteroatoms. The number of rotatable bonds is 5. The Morgan fingerprint density at radius 3 is 1.28 bits per heavy atom. The van der Waals surface area contributed by atoms with Gasteiger partial charge < -0.3 is 17.3 Å². The van der Waals surface area contributed by atoms with Gasteiger partial charge in [-0.1, -0.05) is 64.1 Å². The van der Waals surface area contributed by atoms with E-state index in [-0.39, 0.29) is 10.9 Å². The third-order valence-corrected chi connectivity index (χ3v) is 7.84. The van der Waals surface area contributed by atoms with Crippen LogP contribution in [-0.2, 0) is 10.9 Å². The summed E-state index contributed by atoms with van der Waals surface area (Å²) in [6.07, 6.45) is 0. The molecule has 0 aromatic heterocycles. The SMILES string of the molecule is Brc1ccc(Sc2ccc([S+](c3ccccc3)c3ccccc3)cc2)cc1.F[B-](F)(F)F. The highest BCUT2D eigenvalue weighted by Gasteiger charge is 2.28. The molecule has 0 amide bonds. The Balaban J connectivity index is 0.000000523. The molecule has 0 saturated heterocycles. The zero-order valence-electron chi connectivity index (χ0n) is 16.7. The first kappa shape index (κ1) is 24.5. The summed E-state index contributed by atoms with van der Waals surface area (Å²) in [5.74, 6) is 0. The van der Waals surface area contributed by atoms with Crippen molar-refractivity contribution < 1.29 is 17.3 Å². The van der Waals surface area contributed by atoms with E-state index in [1.54, 1.807) is 11.8 Å². The molecule has 4 aromatic carbocycles. The van der Waals surface area contributed by atoms with Crippen LogP contribution in [0.25, 0.3) is 0 Å². The Labute approximate surface area is 200 Å². The molecule has 0 spiro atoms. The molecule has 0 aliphatic heterocycles. The molecule has 32 heavy (non-hydrogen) atoms. The minimum atomic E-state index is -6.00.